The fourth-order valence-corrected chi connectivity index (χ4v) is 3.37. The molecule has 0 spiro atoms. The smallest absolute Gasteiger partial charge is 0.243 e. The fraction of sp³-hybridized carbons (Fsp3) is 0.440. The number of hydrogen-bond acceptors (Lipinski definition) is 3. The summed E-state index contributed by atoms with van der Waals surface area (Å²) in [6.45, 7) is 8.56. The van der Waals surface area contributed by atoms with E-state index < -0.39 is 6.04 Å². The van der Waals surface area contributed by atoms with Gasteiger partial charge in [-0.25, -0.2) is 0 Å². The Labute approximate surface area is 190 Å². The Bertz CT molecular complexity index is 832. The average Bonchev–Trinajstić information content (AvgIpc) is 2.71. The zero-order valence-corrected chi connectivity index (χ0v) is 19.6. The minimum absolute atomic E-state index is 0.0560. The molecule has 31 heavy (non-hydrogen) atoms. The van der Waals surface area contributed by atoms with Crippen LogP contribution in [0.15, 0.2) is 54.6 Å². The quantitative estimate of drug-likeness (QED) is 0.511. The molecule has 5 nitrogen and oxygen atoms in total. The van der Waals surface area contributed by atoms with Crippen molar-refractivity contribution in [2.24, 2.45) is 0 Å². The zero-order chi connectivity index (χ0) is 22.9. The number of rotatable bonds is 10. The van der Waals surface area contributed by atoms with E-state index >= 15 is 0 Å². The summed E-state index contributed by atoms with van der Waals surface area (Å²) in [7, 11) is 0. The van der Waals surface area contributed by atoms with Crippen LogP contribution in [0.25, 0.3) is 0 Å². The molecule has 0 radical (unpaired) electrons. The minimum Gasteiger partial charge on any atom is -0.494 e. The zero-order valence-electron chi connectivity index (χ0n) is 18.9. The van der Waals surface area contributed by atoms with Gasteiger partial charge < -0.3 is 15.0 Å². The lowest BCUT2D eigenvalue weighted by atomic mass is 10.0. The van der Waals surface area contributed by atoms with Gasteiger partial charge in [0.25, 0.3) is 0 Å². The molecule has 0 aliphatic rings. The van der Waals surface area contributed by atoms with Gasteiger partial charge in [0.15, 0.2) is 0 Å². The number of nitrogens with zero attached hydrogens (tertiary/aromatic N) is 1. The lowest BCUT2D eigenvalue weighted by Crippen LogP contribution is -2.53. The molecule has 2 amide bonds. The number of ether oxygens (including phenoxy) is 1. The highest BCUT2D eigenvalue weighted by molar-refractivity contribution is 6.30. The van der Waals surface area contributed by atoms with Crippen LogP contribution in [0.3, 0.4) is 0 Å². The number of amides is 2. The van der Waals surface area contributed by atoms with Crippen LogP contribution in [0.2, 0.25) is 5.02 Å². The van der Waals surface area contributed by atoms with E-state index in [1.807, 2.05) is 58.0 Å². The van der Waals surface area contributed by atoms with Crippen molar-refractivity contribution >= 4 is 23.4 Å². The Hall–Kier alpha value is -2.53. The number of carbonyl (C=O) groups excluding carboxylic acids is 2. The topological polar surface area (TPSA) is 58.6 Å². The van der Waals surface area contributed by atoms with Crippen molar-refractivity contribution in [3.63, 3.8) is 0 Å². The van der Waals surface area contributed by atoms with E-state index in [9.17, 15) is 9.59 Å². The summed E-state index contributed by atoms with van der Waals surface area (Å²) in [6.07, 6.45) is 1.41. The van der Waals surface area contributed by atoms with Gasteiger partial charge in [-0.1, -0.05) is 48.9 Å². The second kappa shape index (κ2) is 11.8. The van der Waals surface area contributed by atoms with E-state index in [2.05, 4.69) is 5.32 Å². The van der Waals surface area contributed by atoms with Crippen LogP contribution in [0.5, 0.6) is 5.75 Å². The minimum atomic E-state index is -0.524. The number of benzene rings is 2. The van der Waals surface area contributed by atoms with Crippen LogP contribution >= 0.6 is 11.6 Å². The standard InChI is InChI=1S/C25H33ClN2O3/c1-5-22(24(30)27-25(2,3)4)28(18-19-10-7-6-8-11-19)23(29)12-9-17-31-21-15-13-20(26)14-16-21/h6-8,10-11,13-16,22H,5,9,12,17-18H2,1-4H3,(H,27,30). The second-order valence-corrected chi connectivity index (χ2v) is 9.01. The van der Waals surface area contributed by atoms with E-state index in [1.54, 1.807) is 29.2 Å². The molecule has 0 aliphatic heterocycles. The van der Waals surface area contributed by atoms with Gasteiger partial charge in [-0.2, -0.15) is 0 Å². The molecule has 0 heterocycles. The summed E-state index contributed by atoms with van der Waals surface area (Å²) >= 11 is 5.89. The third-order valence-corrected chi connectivity index (χ3v) is 4.95. The Morgan fingerprint density at radius 1 is 1.06 bits per heavy atom. The molecular formula is C25H33ClN2O3. The van der Waals surface area contributed by atoms with Crippen LogP contribution in [0.1, 0.15) is 52.5 Å². The summed E-state index contributed by atoms with van der Waals surface area (Å²) < 4.78 is 5.70. The first-order chi connectivity index (χ1) is 14.7. The third kappa shape index (κ3) is 8.62. The van der Waals surface area contributed by atoms with Crippen molar-refractivity contribution < 1.29 is 14.3 Å². The highest BCUT2D eigenvalue weighted by Gasteiger charge is 2.30. The van der Waals surface area contributed by atoms with Crippen LogP contribution in [-0.2, 0) is 16.1 Å². The molecule has 1 unspecified atom stereocenters. The largest absolute Gasteiger partial charge is 0.494 e. The maximum atomic E-state index is 13.1. The third-order valence-electron chi connectivity index (χ3n) is 4.70. The first-order valence-electron chi connectivity index (χ1n) is 10.7. The average molecular weight is 445 g/mol. The van der Waals surface area contributed by atoms with Crippen molar-refractivity contribution in [3.8, 4) is 5.75 Å². The number of hydrogen-bond donors (Lipinski definition) is 1. The molecule has 0 fully saturated rings. The van der Waals surface area contributed by atoms with E-state index in [4.69, 9.17) is 16.3 Å². The summed E-state index contributed by atoms with van der Waals surface area (Å²) in [4.78, 5) is 27.8. The summed E-state index contributed by atoms with van der Waals surface area (Å²) in [6, 6.07) is 16.4. The van der Waals surface area contributed by atoms with Crippen molar-refractivity contribution in [2.75, 3.05) is 6.61 Å². The molecule has 0 bridgehead atoms. The molecule has 0 saturated heterocycles. The highest BCUT2D eigenvalue weighted by atomic mass is 35.5. The van der Waals surface area contributed by atoms with Crippen molar-refractivity contribution in [3.05, 3.63) is 65.2 Å². The molecule has 6 heteroatoms. The van der Waals surface area contributed by atoms with Gasteiger partial charge in [-0.15, -0.1) is 0 Å². The summed E-state index contributed by atoms with van der Waals surface area (Å²) in [5, 5.41) is 3.67. The number of carbonyl (C=O) groups is 2. The fourth-order valence-electron chi connectivity index (χ4n) is 3.24. The van der Waals surface area contributed by atoms with Gasteiger partial charge in [0.1, 0.15) is 11.8 Å². The van der Waals surface area contributed by atoms with Gasteiger partial charge in [0.05, 0.1) is 6.61 Å². The highest BCUT2D eigenvalue weighted by Crippen LogP contribution is 2.17. The Balaban J connectivity index is 2.04. The SMILES string of the molecule is CCC(C(=O)NC(C)(C)C)N(Cc1ccccc1)C(=O)CCCOc1ccc(Cl)cc1. The molecule has 2 rings (SSSR count). The van der Waals surface area contributed by atoms with Crippen LogP contribution < -0.4 is 10.1 Å². The van der Waals surface area contributed by atoms with Crippen molar-refractivity contribution in [2.45, 2.75) is 65.1 Å². The lowest BCUT2D eigenvalue weighted by Gasteiger charge is -2.33. The first kappa shape index (κ1) is 24.7. The van der Waals surface area contributed by atoms with Gasteiger partial charge in [0, 0.05) is 23.5 Å². The van der Waals surface area contributed by atoms with Crippen molar-refractivity contribution in [1.82, 2.24) is 10.2 Å². The van der Waals surface area contributed by atoms with Gasteiger partial charge >= 0.3 is 0 Å². The summed E-state index contributed by atoms with van der Waals surface area (Å²) in [5.41, 5.74) is 0.633. The number of halogens is 1. The maximum Gasteiger partial charge on any atom is 0.243 e. The summed E-state index contributed by atoms with van der Waals surface area (Å²) in [5.74, 6) is 0.533. The molecule has 168 valence electrons. The predicted octanol–water partition coefficient (Wildman–Crippen LogP) is 5.22. The first-order valence-corrected chi connectivity index (χ1v) is 11.1. The van der Waals surface area contributed by atoms with E-state index in [1.165, 1.54) is 0 Å². The molecule has 2 aromatic carbocycles. The van der Waals surface area contributed by atoms with Gasteiger partial charge in [-0.05, 0) is 63.4 Å². The molecular weight excluding hydrogens is 412 g/mol. The van der Waals surface area contributed by atoms with Crippen LogP contribution in [0, 0.1) is 0 Å². The Kier molecular flexibility index (Phi) is 9.38. The van der Waals surface area contributed by atoms with E-state index in [0.717, 1.165) is 5.56 Å². The predicted molar refractivity (Wildman–Crippen MR) is 125 cm³/mol. The molecule has 0 saturated carbocycles. The van der Waals surface area contributed by atoms with Gasteiger partial charge in [0.2, 0.25) is 11.8 Å². The maximum absolute atomic E-state index is 13.1. The van der Waals surface area contributed by atoms with Crippen molar-refractivity contribution in [1.29, 1.82) is 0 Å². The lowest BCUT2D eigenvalue weighted by molar-refractivity contribution is -0.142. The van der Waals surface area contributed by atoms with E-state index in [-0.39, 0.29) is 17.4 Å². The van der Waals surface area contributed by atoms with Crippen LogP contribution in [-0.4, -0.2) is 34.9 Å². The van der Waals surface area contributed by atoms with E-state index in [0.29, 0.717) is 43.2 Å². The molecule has 0 aromatic heterocycles. The molecule has 1 atom stereocenters. The molecule has 0 aliphatic carbocycles. The monoisotopic (exact) mass is 444 g/mol. The molecule has 2 aromatic rings. The van der Waals surface area contributed by atoms with Gasteiger partial charge in [-0.3, -0.25) is 9.59 Å². The molecule has 1 N–H and O–H groups in total. The normalized spacial score (nSPS) is 12.2. The van der Waals surface area contributed by atoms with Crippen LogP contribution in [0.4, 0.5) is 0 Å². The number of nitrogens with one attached hydrogen (secondary N) is 1. The Morgan fingerprint density at radius 2 is 1.71 bits per heavy atom. The second-order valence-electron chi connectivity index (χ2n) is 8.58. The Morgan fingerprint density at radius 3 is 2.29 bits per heavy atom.